The minimum Gasteiger partial charge on any atom is -0.508 e. The van der Waals surface area contributed by atoms with Gasteiger partial charge in [-0.1, -0.05) is 66.5 Å². The van der Waals surface area contributed by atoms with E-state index in [9.17, 15) is 102 Å². The van der Waals surface area contributed by atoms with Gasteiger partial charge in [0.1, 0.15) is 78.3 Å². The molecule has 46 heteroatoms. The van der Waals surface area contributed by atoms with E-state index in [1.54, 1.807) is 34.0 Å². The maximum atomic E-state index is 14.9. The predicted molar refractivity (Wildman–Crippen MR) is 439 cm³/mol. The predicted octanol–water partition coefficient (Wildman–Crippen LogP) is -7.06. The number of rotatable bonds is 61. The van der Waals surface area contributed by atoms with Crippen molar-refractivity contribution in [1.29, 1.82) is 0 Å². The largest absolute Gasteiger partial charge is 0.508 e. The summed E-state index contributed by atoms with van der Waals surface area (Å²) in [4.78, 5) is 232. The van der Waals surface area contributed by atoms with E-state index in [1.807, 2.05) is 0 Å². The maximum absolute atomic E-state index is 14.9. The van der Waals surface area contributed by atoms with Crippen LogP contribution < -0.4 is 115 Å². The summed E-state index contributed by atoms with van der Waals surface area (Å²) in [5.41, 5.74) is 50.3. The molecule has 0 spiro atoms. The zero-order valence-electron chi connectivity index (χ0n) is 68.4. The van der Waals surface area contributed by atoms with Gasteiger partial charge in [-0.25, -0.2) is 4.79 Å². The molecule has 13 amide bonds. The monoisotopic (exact) mass is 1710 g/mol. The van der Waals surface area contributed by atoms with Gasteiger partial charge >= 0.3 is 17.9 Å². The van der Waals surface area contributed by atoms with Crippen molar-refractivity contribution in [3.63, 3.8) is 0 Å². The third kappa shape index (κ3) is 43.0. The number of unbranched alkanes of at least 4 members (excludes halogenated alkanes) is 1. The van der Waals surface area contributed by atoms with E-state index >= 15 is 0 Å². The first-order valence-corrected chi connectivity index (χ1v) is 40.5. The van der Waals surface area contributed by atoms with E-state index in [0.717, 1.165) is 0 Å². The zero-order valence-corrected chi connectivity index (χ0v) is 69.3. The molecule has 15 atom stereocenters. The zero-order chi connectivity index (χ0) is 90.2. The number of carboxylic acid groups (broad SMARTS) is 3. The number of phenolic OH excluding ortho intramolecular Hbond substituents is 1. The summed E-state index contributed by atoms with van der Waals surface area (Å²) in [5.74, 6) is -20.9. The van der Waals surface area contributed by atoms with Crippen molar-refractivity contribution in [1.82, 2.24) is 63.8 Å². The van der Waals surface area contributed by atoms with E-state index < -0.39 is 230 Å². The highest BCUT2D eigenvalue weighted by Gasteiger charge is 2.40. The Morgan fingerprint density at radius 3 is 1.20 bits per heavy atom. The number of thioether (sulfide) groups is 1. The molecule has 1 aromatic rings. The number of hydrogen-bond acceptors (Lipinski definition) is 24. The van der Waals surface area contributed by atoms with Crippen LogP contribution in [0.1, 0.15) is 163 Å². The van der Waals surface area contributed by atoms with E-state index in [2.05, 4.69) is 78.8 Å². The second-order valence-electron chi connectivity index (χ2n) is 28.9. The summed E-state index contributed by atoms with van der Waals surface area (Å²) in [6, 6.07) is -15.8. The van der Waals surface area contributed by atoms with Gasteiger partial charge in [-0.2, -0.15) is 11.8 Å². The highest BCUT2D eigenvalue weighted by atomic mass is 32.2. The molecule has 0 saturated carbocycles. The number of carbonyl (C=O) groups excluding carboxylic acids is 13. The lowest BCUT2D eigenvalue weighted by Crippen LogP contribution is -2.62. The molecule has 45 nitrogen and oxygen atoms in total. The van der Waals surface area contributed by atoms with Crippen molar-refractivity contribution in [2.75, 3.05) is 44.8 Å². The average Bonchev–Trinajstić information content (AvgIpc) is 0.846. The number of guanidine groups is 3. The second-order valence-corrected chi connectivity index (χ2v) is 29.9. The number of aliphatic carboxylic acids is 3. The number of nitrogens with two attached hydrogens (primary N) is 9. The number of aliphatic imine (C=N–C) groups is 3. The van der Waals surface area contributed by atoms with Crippen LogP contribution in [-0.2, 0) is 83.1 Å². The number of benzene rings is 1. The number of aromatic hydroxyl groups is 1. The summed E-state index contributed by atoms with van der Waals surface area (Å²) in [7, 11) is 0. The second kappa shape index (κ2) is 56.8. The van der Waals surface area contributed by atoms with Crippen LogP contribution in [0.4, 0.5) is 0 Å². The van der Waals surface area contributed by atoms with Gasteiger partial charge in [0.25, 0.3) is 0 Å². The fourth-order valence-corrected chi connectivity index (χ4v) is 12.0. The van der Waals surface area contributed by atoms with Gasteiger partial charge in [0.05, 0.1) is 19.1 Å². The van der Waals surface area contributed by atoms with Gasteiger partial charge in [0.15, 0.2) is 17.9 Å². The fourth-order valence-electron chi connectivity index (χ4n) is 11.5. The minimum atomic E-state index is -2.08. The third-order valence-electron chi connectivity index (χ3n) is 18.6. The number of nitrogens with zero attached hydrogens (tertiary/aromatic N) is 3. The Hall–Kier alpha value is -11.4. The molecule has 119 heavy (non-hydrogen) atoms. The number of aliphatic hydroxyl groups excluding tert-OH is 1. The smallest absolute Gasteiger partial charge is 0.326 e. The van der Waals surface area contributed by atoms with E-state index in [1.165, 1.54) is 49.9 Å². The van der Waals surface area contributed by atoms with Crippen molar-refractivity contribution in [2.45, 2.75) is 242 Å². The quantitative estimate of drug-likeness (QED) is 0.0164. The number of hydrogen-bond donors (Lipinski definition) is 26. The van der Waals surface area contributed by atoms with Crippen LogP contribution in [0.15, 0.2) is 39.2 Å². The van der Waals surface area contributed by atoms with Gasteiger partial charge in [0.2, 0.25) is 76.8 Å². The molecule has 0 bridgehead atoms. The molecule has 0 fully saturated rings. The molecule has 0 aromatic heterocycles. The SMILES string of the molecule is CC[C@H](C)[C@H](NC(=O)[C@H](CCC(N)=O)NC(=O)[C@H](CCCN=C(N)N)NC(=O)[C@H](Cc1ccc(O)cc1)NC(=O)[C@H](CC(=O)O)NC(=O)[C@@H](NC(=O)[C@H](CO)NC(=O)[C@H](CCCCN)NC(=O)[C@H](CCSC)NC(=O)[C@@H](N)CCCN=C(N)N)[C@@H](C)CC)C(=O)N[C@@H](CCC(=O)O)C(=O)N[C@@H](CC(C)C)C(=O)N[C@@H](CCCN=C(N)N)C(=O)O. The Morgan fingerprint density at radius 2 is 0.773 bits per heavy atom. The highest BCUT2D eigenvalue weighted by Crippen LogP contribution is 2.18. The molecule has 1 rings (SSSR count). The molecule has 670 valence electrons. The summed E-state index contributed by atoms with van der Waals surface area (Å²) >= 11 is 1.36. The van der Waals surface area contributed by atoms with Crippen LogP contribution in [0.2, 0.25) is 0 Å². The van der Waals surface area contributed by atoms with Crippen LogP contribution in [-0.4, -0.2) is 261 Å². The van der Waals surface area contributed by atoms with Crippen LogP contribution in [0.5, 0.6) is 5.75 Å². The summed E-state index contributed by atoms with van der Waals surface area (Å²) in [5, 5.41) is 80.3. The fraction of sp³-hybridized carbons (Fsp3) is 0.658. The van der Waals surface area contributed by atoms with Crippen LogP contribution >= 0.6 is 11.8 Å². The Bertz CT molecular complexity index is 3600. The molecular weight excluding hydrogens is 1580 g/mol. The van der Waals surface area contributed by atoms with Crippen molar-refractivity contribution in [3.05, 3.63) is 29.8 Å². The molecule has 0 unspecified atom stereocenters. The lowest BCUT2D eigenvalue weighted by Gasteiger charge is -2.30. The average molecular weight is 1710 g/mol. The molecule has 0 radical (unpaired) electrons. The molecule has 0 aliphatic carbocycles. The van der Waals surface area contributed by atoms with Crippen molar-refractivity contribution in [3.8, 4) is 5.75 Å². The van der Waals surface area contributed by atoms with Crippen LogP contribution in [0, 0.1) is 17.8 Å². The van der Waals surface area contributed by atoms with E-state index in [-0.39, 0.29) is 132 Å². The Morgan fingerprint density at radius 1 is 0.412 bits per heavy atom. The summed E-state index contributed by atoms with van der Waals surface area (Å²) in [6.07, 6.45) is -1.53. The molecule has 0 aliphatic heterocycles. The molecule has 0 aliphatic rings. The number of carbonyl (C=O) groups is 16. The minimum absolute atomic E-state index is 0.0252. The van der Waals surface area contributed by atoms with Crippen molar-refractivity contribution >= 4 is 124 Å². The molecule has 1 aromatic carbocycles. The molecular formula is C73H126N24O21S. The lowest BCUT2D eigenvalue weighted by molar-refractivity contribution is -0.143. The Kier molecular flexibility index (Phi) is 50.4. The number of phenols is 1. The summed E-state index contributed by atoms with van der Waals surface area (Å²) < 4.78 is 0. The number of aliphatic hydroxyl groups is 1. The van der Waals surface area contributed by atoms with Gasteiger partial charge in [-0.3, -0.25) is 86.9 Å². The Labute approximate surface area is 694 Å². The molecule has 0 heterocycles. The standard InChI is InChI=1S/C73H126N24O21S/c1-8-38(5)56(68(115)90-46(24-26-54(101)102)61(108)92-49(33-37(3)4)64(111)91-48(70(117)118)18-14-31-85-73(81)82)96-63(110)45(23-25-53(76)100)89-59(106)44(17-13-30-84-72(79)80)88-65(112)50(34-40-19-21-41(99)22-20-40)93-66(113)51(35-55(103)104)94-69(116)57(39(6)9-2)97-67(114)52(36-98)95-60(107)43(16-10-11-28-74)87-62(109)47(27-32-119-7)86-58(105)42(75)15-12-29-83-71(77)78/h19-22,37-39,42-52,56-57,98-99H,8-18,23-36,74-75H2,1-7H3,(H2,76,100)(H,86,105)(H,87,109)(H,88,112)(H,89,106)(H,90,115)(H,91,111)(H,92,108)(H,93,113)(H,94,116)(H,95,107)(H,96,110)(H,97,114)(H,101,102)(H,103,104)(H,117,118)(H4,77,78,83)(H4,79,80,84)(H4,81,82,85)/t38-,39-,42-,43-,44-,45-,46-,47-,48-,49-,50-,51-,52-,56-,57-/m0/s1. The normalized spacial score (nSPS) is 14.8. The Balaban J connectivity index is 3.87. The van der Waals surface area contributed by atoms with Crippen LogP contribution in [0.25, 0.3) is 0 Å². The van der Waals surface area contributed by atoms with Gasteiger partial charge in [0, 0.05) is 38.9 Å². The molecule has 0 saturated heterocycles. The topological polar surface area (TPSA) is 790 Å². The maximum Gasteiger partial charge on any atom is 0.326 e. The van der Waals surface area contributed by atoms with E-state index in [4.69, 9.17) is 51.6 Å². The number of primary amides is 1. The molecule has 35 N–H and O–H groups in total. The number of nitrogens with one attached hydrogen (secondary N) is 12. The summed E-state index contributed by atoms with van der Waals surface area (Å²) in [6.45, 7) is 8.74. The number of amides is 13. The van der Waals surface area contributed by atoms with Crippen molar-refractivity contribution < 1.29 is 102 Å². The lowest BCUT2D eigenvalue weighted by atomic mass is 9.96. The first kappa shape index (κ1) is 106. The first-order valence-electron chi connectivity index (χ1n) is 39.1. The third-order valence-corrected chi connectivity index (χ3v) is 19.3. The van der Waals surface area contributed by atoms with Gasteiger partial charge < -0.3 is 141 Å². The van der Waals surface area contributed by atoms with E-state index in [0.29, 0.717) is 18.6 Å². The highest BCUT2D eigenvalue weighted by molar-refractivity contribution is 7.98. The van der Waals surface area contributed by atoms with Crippen molar-refractivity contribution in [2.24, 2.45) is 84.3 Å². The van der Waals surface area contributed by atoms with Gasteiger partial charge in [-0.05, 0) is 137 Å². The first-order chi connectivity index (χ1) is 56.0. The van der Waals surface area contributed by atoms with Crippen LogP contribution in [0.3, 0.4) is 0 Å². The van der Waals surface area contributed by atoms with Gasteiger partial charge in [-0.15, -0.1) is 0 Å². The number of carboxylic acids is 3.